The third kappa shape index (κ3) is 33.5. The average molecular weight is 663 g/mol. The van der Waals surface area contributed by atoms with E-state index >= 15 is 0 Å². The van der Waals surface area contributed by atoms with E-state index in [2.05, 4.69) is 20.8 Å². The molecule has 3 N–H and O–H groups in total. The summed E-state index contributed by atoms with van der Waals surface area (Å²) in [5.74, 6) is 0.0769. The van der Waals surface area contributed by atoms with Crippen LogP contribution in [-0.4, -0.2) is 58.8 Å². The number of allylic oxidation sites excluding steroid dienone is 6. The summed E-state index contributed by atoms with van der Waals surface area (Å²) in [6.45, 7) is 6.35. The lowest BCUT2D eigenvalue weighted by Gasteiger charge is -2.12. The minimum atomic E-state index is -1.05. The number of esters is 2. The van der Waals surface area contributed by atoms with Gasteiger partial charge in [0.25, 0.3) is 0 Å². The number of rotatable bonds is 32. The van der Waals surface area contributed by atoms with Gasteiger partial charge in [-0.25, -0.2) is 0 Å². The SMILES string of the molecule is CCCCC[C@H](O)/C=C/C=C\C/C=C\C=C\[C@H](O)CCCC(=O)OC[C@@H](O)COC(=O)CCCCCCCCCCCCC(C)CC. The van der Waals surface area contributed by atoms with Crippen molar-refractivity contribution in [2.45, 2.75) is 174 Å². The summed E-state index contributed by atoms with van der Waals surface area (Å²) in [4.78, 5) is 23.9. The molecule has 0 aromatic carbocycles. The zero-order valence-electron chi connectivity index (χ0n) is 30.2. The maximum Gasteiger partial charge on any atom is 0.305 e. The maximum atomic E-state index is 12.0. The minimum Gasteiger partial charge on any atom is -0.463 e. The molecule has 0 rings (SSSR count). The molecule has 0 aliphatic heterocycles. The lowest BCUT2D eigenvalue weighted by Crippen LogP contribution is -2.25. The molecule has 0 radical (unpaired) electrons. The number of hydrogen-bond donors (Lipinski definition) is 3. The Balaban J connectivity index is 3.71. The minimum absolute atomic E-state index is 0.136. The zero-order valence-corrected chi connectivity index (χ0v) is 30.2. The molecule has 7 nitrogen and oxygen atoms in total. The summed E-state index contributed by atoms with van der Waals surface area (Å²) in [6.07, 6.45) is 33.7. The first-order chi connectivity index (χ1) is 22.8. The topological polar surface area (TPSA) is 113 Å². The normalized spacial score (nSPS) is 14.8. The van der Waals surface area contributed by atoms with Crippen LogP contribution in [0.2, 0.25) is 0 Å². The van der Waals surface area contributed by atoms with E-state index in [1.807, 2.05) is 36.5 Å². The molecule has 0 fully saturated rings. The van der Waals surface area contributed by atoms with Crippen molar-refractivity contribution in [2.24, 2.45) is 5.92 Å². The highest BCUT2D eigenvalue weighted by molar-refractivity contribution is 5.69. The van der Waals surface area contributed by atoms with Gasteiger partial charge in [0.05, 0.1) is 12.2 Å². The Bertz CT molecular complexity index is 848. The Morgan fingerprint density at radius 3 is 1.53 bits per heavy atom. The molecule has 7 heteroatoms. The van der Waals surface area contributed by atoms with Crippen molar-refractivity contribution in [3.63, 3.8) is 0 Å². The van der Waals surface area contributed by atoms with Crippen LogP contribution in [0.5, 0.6) is 0 Å². The van der Waals surface area contributed by atoms with Crippen molar-refractivity contribution >= 4 is 11.9 Å². The fraction of sp³-hybridized carbons (Fsp3) is 0.750. The molecular weight excluding hydrogens is 592 g/mol. The van der Waals surface area contributed by atoms with Gasteiger partial charge in [-0.15, -0.1) is 0 Å². The molecule has 0 aliphatic rings. The molecule has 0 heterocycles. The third-order valence-electron chi connectivity index (χ3n) is 8.32. The van der Waals surface area contributed by atoms with Gasteiger partial charge in [0.1, 0.15) is 19.3 Å². The summed E-state index contributed by atoms with van der Waals surface area (Å²) in [6, 6.07) is 0. The van der Waals surface area contributed by atoms with E-state index in [-0.39, 0.29) is 31.7 Å². The number of hydrogen-bond acceptors (Lipinski definition) is 7. The molecule has 0 aromatic heterocycles. The van der Waals surface area contributed by atoms with Crippen molar-refractivity contribution in [1.29, 1.82) is 0 Å². The summed E-state index contributed by atoms with van der Waals surface area (Å²) in [5.41, 5.74) is 0. The first kappa shape index (κ1) is 44.8. The number of carbonyl (C=O) groups is 2. The Kier molecular flexibility index (Phi) is 32.1. The van der Waals surface area contributed by atoms with Crippen LogP contribution in [-0.2, 0) is 19.1 Å². The van der Waals surface area contributed by atoms with Gasteiger partial charge in [0, 0.05) is 12.8 Å². The molecule has 0 aromatic rings. The molecule has 1 unspecified atom stereocenters. The monoisotopic (exact) mass is 663 g/mol. The van der Waals surface area contributed by atoms with Gasteiger partial charge < -0.3 is 24.8 Å². The van der Waals surface area contributed by atoms with Crippen molar-refractivity contribution in [3.05, 3.63) is 48.6 Å². The molecule has 0 aliphatic carbocycles. The van der Waals surface area contributed by atoms with Gasteiger partial charge in [0.15, 0.2) is 0 Å². The van der Waals surface area contributed by atoms with Gasteiger partial charge in [0.2, 0.25) is 0 Å². The number of aliphatic hydroxyl groups excluding tert-OH is 3. The first-order valence-corrected chi connectivity index (χ1v) is 18.8. The molecule has 0 saturated heterocycles. The quantitative estimate of drug-likeness (QED) is 0.0374. The standard InChI is InChI=1S/C40H70O7/c1-4-6-20-27-36(41)28-22-17-13-11-14-18-23-29-37(42)30-25-32-40(45)47-34-38(43)33-46-39(44)31-24-19-15-10-8-7-9-12-16-21-26-35(3)5-2/h13-14,17-18,22-23,28-29,35-38,41-43H,4-12,15-16,19-21,24-27,30-34H2,1-3H3/b17-13-,18-14-,28-22+,29-23+/t35?,36-,37-,38-/m0/s1. The highest BCUT2D eigenvalue weighted by atomic mass is 16.6. The molecular formula is C40H70O7. The third-order valence-corrected chi connectivity index (χ3v) is 8.32. The van der Waals surface area contributed by atoms with E-state index in [9.17, 15) is 24.9 Å². The van der Waals surface area contributed by atoms with Crippen LogP contribution in [0.25, 0.3) is 0 Å². The van der Waals surface area contributed by atoms with Gasteiger partial charge >= 0.3 is 11.9 Å². The van der Waals surface area contributed by atoms with Gasteiger partial charge in [-0.2, -0.15) is 0 Å². The van der Waals surface area contributed by atoms with Crippen molar-refractivity contribution in [3.8, 4) is 0 Å². The second-order valence-corrected chi connectivity index (χ2v) is 13.0. The largest absolute Gasteiger partial charge is 0.463 e. The second kappa shape index (κ2) is 33.7. The van der Waals surface area contributed by atoms with E-state index in [0.717, 1.165) is 57.3 Å². The van der Waals surface area contributed by atoms with Crippen LogP contribution in [0.1, 0.15) is 156 Å². The lowest BCUT2D eigenvalue weighted by molar-refractivity contribution is -0.152. The number of ether oxygens (including phenoxy) is 2. The molecule has 272 valence electrons. The molecule has 0 spiro atoms. The fourth-order valence-corrected chi connectivity index (χ4v) is 4.98. The second-order valence-electron chi connectivity index (χ2n) is 13.0. The maximum absolute atomic E-state index is 12.0. The van der Waals surface area contributed by atoms with Crippen LogP contribution >= 0.6 is 0 Å². The first-order valence-electron chi connectivity index (χ1n) is 18.8. The molecule has 47 heavy (non-hydrogen) atoms. The number of carbonyl (C=O) groups excluding carboxylic acids is 2. The van der Waals surface area contributed by atoms with Crippen molar-refractivity contribution in [2.75, 3.05) is 13.2 Å². The van der Waals surface area contributed by atoms with E-state index in [1.165, 1.54) is 57.8 Å². The predicted octanol–water partition coefficient (Wildman–Crippen LogP) is 9.25. The van der Waals surface area contributed by atoms with Gasteiger partial charge in [-0.3, -0.25) is 9.59 Å². The van der Waals surface area contributed by atoms with Crippen LogP contribution in [0.3, 0.4) is 0 Å². The highest BCUT2D eigenvalue weighted by Crippen LogP contribution is 2.15. The summed E-state index contributed by atoms with van der Waals surface area (Å²) < 4.78 is 10.2. The predicted molar refractivity (Wildman–Crippen MR) is 194 cm³/mol. The summed E-state index contributed by atoms with van der Waals surface area (Å²) in [5, 5.41) is 29.9. The smallest absolute Gasteiger partial charge is 0.305 e. The van der Waals surface area contributed by atoms with Crippen molar-refractivity contribution < 1.29 is 34.4 Å². The fourth-order valence-electron chi connectivity index (χ4n) is 4.98. The molecule has 0 saturated carbocycles. The number of unbranched alkanes of at least 4 members (excludes halogenated alkanes) is 11. The molecule has 4 atom stereocenters. The van der Waals surface area contributed by atoms with Crippen LogP contribution in [0.4, 0.5) is 0 Å². The highest BCUT2D eigenvalue weighted by Gasteiger charge is 2.12. The van der Waals surface area contributed by atoms with E-state index in [0.29, 0.717) is 19.3 Å². The van der Waals surface area contributed by atoms with E-state index in [1.54, 1.807) is 12.2 Å². The Hall–Kier alpha value is -2.22. The molecule has 0 bridgehead atoms. The van der Waals surface area contributed by atoms with Crippen LogP contribution in [0, 0.1) is 5.92 Å². The van der Waals surface area contributed by atoms with E-state index in [4.69, 9.17) is 9.47 Å². The van der Waals surface area contributed by atoms with Crippen molar-refractivity contribution in [1.82, 2.24) is 0 Å². The Labute approximate surface area is 287 Å². The van der Waals surface area contributed by atoms with Gasteiger partial charge in [-0.1, -0.05) is 159 Å². The zero-order chi connectivity index (χ0) is 34.8. The Morgan fingerprint density at radius 2 is 1.02 bits per heavy atom. The molecule has 0 amide bonds. The van der Waals surface area contributed by atoms with Crippen LogP contribution in [0.15, 0.2) is 48.6 Å². The van der Waals surface area contributed by atoms with Crippen LogP contribution < -0.4 is 0 Å². The summed E-state index contributed by atoms with van der Waals surface area (Å²) >= 11 is 0. The van der Waals surface area contributed by atoms with E-state index < -0.39 is 18.2 Å². The summed E-state index contributed by atoms with van der Waals surface area (Å²) in [7, 11) is 0. The Morgan fingerprint density at radius 1 is 0.574 bits per heavy atom. The van der Waals surface area contributed by atoms with Gasteiger partial charge in [-0.05, 0) is 38.0 Å². The average Bonchev–Trinajstić information content (AvgIpc) is 3.06. The lowest BCUT2D eigenvalue weighted by atomic mass is 9.99. The number of aliphatic hydroxyl groups is 3.